The summed E-state index contributed by atoms with van der Waals surface area (Å²) in [7, 11) is 3.15. The lowest BCUT2D eigenvalue weighted by molar-refractivity contribution is -0.139. The maximum atomic E-state index is 13.8. The quantitative estimate of drug-likeness (QED) is 0.434. The Labute approximate surface area is 212 Å². The standard InChI is InChI=1S/C27H28N2O6S/c1-6-34-21-14-18(12-13-20(21)33-5)24-23(26(31)35-7-2)16(3)28-27-29(24)25(30)22(36-27)15-17-10-8-9-11-19(17)32-4/h8-15,24H,6-7H2,1-5H3/b22-15+. The van der Waals surface area contributed by atoms with Crippen molar-refractivity contribution in [1.29, 1.82) is 0 Å². The third-order valence-electron chi connectivity index (χ3n) is 5.75. The van der Waals surface area contributed by atoms with Crippen LogP contribution in [0.2, 0.25) is 0 Å². The van der Waals surface area contributed by atoms with Crippen LogP contribution in [0.25, 0.3) is 6.08 Å². The third kappa shape index (κ3) is 4.66. The average Bonchev–Trinajstić information content (AvgIpc) is 3.18. The predicted octanol–water partition coefficient (Wildman–Crippen LogP) is 3.21. The second-order valence-corrected chi connectivity index (χ2v) is 8.90. The van der Waals surface area contributed by atoms with Crippen LogP contribution in [0.15, 0.2) is 63.5 Å². The van der Waals surface area contributed by atoms with E-state index in [4.69, 9.17) is 18.9 Å². The van der Waals surface area contributed by atoms with Gasteiger partial charge in [0.15, 0.2) is 16.3 Å². The number of allylic oxidation sites excluding steroid dienone is 1. The Morgan fingerprint density at radius 2 is 1.81 bits per heavy atom. The van der Waals surface area contributed by atoms with Gasteiger partial charge in [0.1, 0.15) is 5.75 Å². The first kappa shape index (κ1) is 25.2. The number of para-hydroxylation sites is 1. The van der Waals surface area contributed by atoms with Gasteiger partial charge in [-0.1, -0.05) is 35.6 Å². The van der Waals surface area contributed by atoms with Gasteiger partial charge >= 0.3 is 5.97 Å². The Morgan fingerprint density at radius 1 is 1.06 bits per heavy atom. The fourth-order valence-corrected chi connectivity index (χ4v) is 5.20. The lowest BCUT2D eigenvalue weighted by Crippen LogP contribution is -2.40. The molecule has 0 saturated heterocycles. The summed E-state index contributed by atoms with van der Waals surface area (Å²) in [6.45, 7) is 6.00. The molecular formula is C27H28N2O6S. The number of thiazole rings is 1. The van der Waals surface area contributed by atoms with Crippen LogP contribution in [0, 0.1) is 0 Å². The third-order valence-corrected chi connectivity index (χ3v) is 6.73. The van der Waals surface area contributed by atoms with Crippen molar-refractivity contribution in [2.24, 2.45) is 4.99 Å². The van der Waals surface area contributed by atoms with Crippen LogP contribution < -0.4 is 29.1 Å². The van der Waals surface area contributed by atoms with Crippen molar-refractivity contribution < 1.29 is 23.7 Å². The highest BCUT2D eigenvalue weighted by Gasteiger charge is 2.34. The molecular weight excluding hydrogens is 480 g/mol. The molecule has 0 bridgehead atoms. The molecule has 0 amide bonds. The normalized spacial score (nSPS) is 15.2. The van der Waals surface area contributed by atoms with E-state index in [1.54, 1.807) is 50.8 Å². The minimum Gasteiger partial charge on any atom is -0.496 e. The van der Waals surface area contributed by atoms with Gasteiger partial charge in [0, 0.05) is 5.56 Å². The molecule has 8 nitrogen and oxygen atoms in total. The zero-order valence-corrected chi connectivity index (χ0v) is 21.7. The molecule has 188 valence electrons. The zero-order chi connectivity index (χ0) is 25.8. The first-order chi connectivity index (χ1) is 17.4. The summed E-state index contributed by atoms with van der Waals surface area (Å²) < 4.78 is 24.0. The van der Waals surface area contributed by atoms with E-state index >= 15 is 0 Å². The van der Waals surface area contributed by atoms with E-state index in [1.807, 2.05) is 37.3 Å². The molecule has 1 atom stereocenters. The van der Waals surface area contributed by atoms with Crippen LogP contribution in [0.4, 0.5) is 0 Å². The van der Waals surface area contributed by atoms with Crippen molar-refractivity contribution in [3.05, 3.63) is 84.5 Å². The molecule has 2 aromatic carbocycles. The van der Waals surface area contributed by atoms with Crippen LogP contribution in [0.5, 0.6) is 17.2 Å². The Bertz CT molecular complexity index is 1500. The van der Waals surface area contributed by atoms with Crippen LogP contribution >= 0.6 is 11.3 Å². The fraction of sp³-hybridized carbons (Fsp3) is 0.296. The molecule has 0 N–H and O–H groups in total. The number of benzene rings is 2. The number of carbonyl (C=O) groups is 1. The van der Waals surface area contributed by atoms with Gasteiger partial charge in [-0.05, 0) is 50.6 Å². The molecule has 0 saturated carbocycles. The lowest BCUT2D eigenvalue weighted by atomic mass is 9.95. The van der Waals surface area contributed by atoms with E-state index in [0.29, 0.717) is 50.0 Å². The van der Waals surface area contributed by atoms with E-state index in [0.717, 1.165) is 5.56 Å². The van der Waals surface area contributed by atoms with E-state index in [2.05, 4.69) is 4.99 Å². The van der Waals surface area contributed by atoms with Gasteiger partial charge in [-0.25, -0.2) is 9.79 Å². The van der Waals surface area contributed by atoms with Gasteiger partial charge in [-0.3, -0.25) is 9.36 Å². The molecule has 1 aliphatic rings. The summed E-state index contributed by atoms with van der Waals surface area (Å²) in [4.78, 5) is 32.0. The first-order valence-corrected chi connectivity index (χ1v) is 12.4. The Hall–Kier alpha value is -3.85. The van der Waals surface area contributed by atoms with Crippen LogP contribution in [-0.4, -0.2) is 38.0 Å². The summed E-state index contributed by atoms with van der Waals surface area (Å²) in [5.74, 6) is 1.21. The van der Waals surface area contributed by atoms with E-state index in [-0.39, 0.29) is 12.2 Å². The van der Waals surface area contributed by atoms with E-state index in [1.165, 1.54) is 11.3 Å². The highest BCUT2D eigenvalue weighted by atomic mass is 32.1. The maximum absolute atomic E-state index is 13.8. The number of hydrogen-bond donors (Lipinski definition) is 0. The molecule has 1 aliphatic heterocycles. The van der Waals surface area contributed by atoms with Gasteiger partial charge in [0.2, 0.25) is 0 Å². The second-order valence-electron chi connectivity index (χ2n) is 7.89. The highest BCUT2D eigenvalue weighted by Crippen LogP contribution is 2.36. The topological polar surface area (TPSA) is 88.4 Å². The molecule has 0 spiro atoms. The minimum absolute atomic E-state index is 0.202. The van der Waals surface area contributed by atoms with Crippen LogP contribution in [-0.2, 0) is 9.53 Å². The van der Waals surface area contributed by atoms with Gasteiger partial charge in [-0.2, -0.15) is 0 Å². The number of aromatic nitrogens is 1. The Morgan fingerprint density at radius 3 is 2.50 bits per heavy atom. The van der Waals surface area contributed by atoms with Crippen LogP contribution in [0.3, 0.4) is 0 Å². The van der Waals surface area contributed by atoms with Crippen molar-refractivity contribution in [3.63, 3.8) is 0 Å². The molecule has 1 aromatic heterocycles. The monoisotopic (exact) mass is 508 g/mol. The largest absolute Gasteiger partial charge is 0.496 e. The van der Waals surface area contributed by atoms with Crippen molar-refractivity contribution in [3.8, 4) is 17.2 Å². The van der Waals surface area contributed by atoms with Crippen molar-refractivity contribution in [2.45, 2.75) is 26.8 Å². The van der Waals surface area contributed by atoms with Crippen LogP contribution in [0.1, 0.15) is 37.9 Å². The number of methoxy groups -OCH3 is 2. The number of carbonyl (C=O) groups excluding carboxylic acids is 1. The number of hydrogen-bond acceptors (Lipinski definition) is 8. The van der Waals surface area contributed by atoms with E-state index < -0.39 is 12.0 Å². The van der Waals surface area contributed by atoms with Crippen molar-refractivity contribution >= 4 is 23.4 Å². The second kappa shape index (κ2) is 10.8. The van der Waals surface area contributed by atoms with Crippen molar-refractivity contribution in [2.75, 3.05) is 27.4 Å². The molecule has 1 unspecified atom stereocenters. The van der Waals surface area contributed by atoms with Crippen molar-refractivity contribution in [1.82, 2.24) is 4.57 Å². The maximum Gasteiger partial charge on any atom is 0.338 e. The number of nitrogens with zero attached hydrogens (tertiary/aromatic N) is 2. The first-order valence-electron chi connectivity index (χ1n) is 11.6. The molecule has 4 rings (SSSR count). The number of ether oxygens (including phenoxy) is 4. The molecule has 36 heavy (non-hydrogen) atoms. The number of esters is 1. The lowest BCUT2D eigenvalue weighted by Gasteiger charge is -2.25. The average molecular weight is 509 g/mol. The SMILES string of the molecule is CCOC(=O)C1=C(C)N=c2s/c(=C/c3ccccc3OC)c(=O)n2C1c1ccc(OC)c(OCC)c1. The predicted molar refractivity (Wildman–Crippen MR) is 138 cm³/mol. The molecule has 9 heteroatoms. The number of rotatable bonds is 8. The molecule has 0 fully saturated rings. The smallest absolute Gasteiger partial charge is 0.338 e. The molecule has 2 heterocycles. The summed E-state index contributed by atoms with van der Waals surface area (Å²) in [6.07, 6.45) is 1.78. The molecule has 0 radical (unpaired) electrons. The number of fused-ring (bicyclic) bond motifs is 1. The Balaban J connectivity index is 1.98. The van der Waals surface area contributed by atoms with Gasteiger partial charge in [0.25, 0.3) is 5.56 Å². The molecule has 0 aliphatic carbocycles. The zero-order valence-electron chi connectivity index (χ0n) is 20.9. The van der Waals surface area contributed by atoms with Gasteiger partial charge in [0.05, 0.1) is 49.3 Å². The van der Waals surface area contributed by atoms with E-state index in [9.17, 15) is 9.59 Å². The minimum atomic E-state index is -0.745. The Kier molecular flexibility index (Phi) is 7.59. The fourth-order valence-electron chi connectivity index (χ4n) is 4.17. The molecule has 3 aromatic rings. The summed E-state index contributed by atoms with van der Waals surface area (Å²) in [5, 5.41) is 0. The summed E-state index contributed by atoms with van der Waals surface area (Å²) in [5.41, 5.74) is 1.99. The van der Waals surface area contributed by atoms with Gasteiger partial charge < -0.3 is 18.9 Å². The summed E-state index contributed by atoms with van der Waals surface area (Å²) in [6, 6.07) is 12.1. The summed E-state index contributed by atoms with van der Waals surface area (Å²) >= 11 is 1.26. The van der Waals surface area contributed by atoms with Gasteiger partial charge in [-0.15, -0.1) is 0 Å². The highest BCUT2D eigenvalue weighted by molar-refractivity contribution is 7.07.